The van der Waals surface area contributed by atoms with Gasteiger partial charge in [-0.05, 0) is 74.5 Å². The van der Waals surface area contributed by atoms with Gasteiger partial charge in [-0.1, -0.05) is 170 Å². The van der Waals surface area contributed by atoms with Crippen molar-refractivity contribution in [3.8, 4) is 73.0 Å². The average Bonchev–Trinajstić information content (AvgIpc) is 3.70. The van der Waals surface area contributed by atoms with E-state index in [1.54, 1.807) is 0 Å². The molecule has 0 aliphatic carbocycles. The van der Waals surface area contributed by atoms with Gasteiger partial charge in [0.05, 0.1) is 22.4 Å². The van der Waals surface area contributed by atoms with E-state index in [2.05, 4.69) is 162 Å². The first-order chi connectivity index (χ1) is 27.2. The zero-order valence-electron chi connectivity index (χ0n) is 29.9. The first-order valence-electron chi connectivity index (χ1n) is 18.5. The molecule has 0 aliphatic rings. The van der Waals surface area contributed by atoms with Crippen molar-refractivity contribution in [2.24, 2.45) is 0 Å². The van der Waals surface area contributed by atoms with Crippen LogP contribution >= 0.6 is 0 Å². The number of benzene rings is 8. The lowest BCUT2D eigenvalue weighted by Gasteiger charge is -2.14. The van der Waals surface area contributed by atoms with E-state index in [0.717, 1.165) is 61.5 Å². The van der Waals surface area contributed by atoms with Crippen molar-refractivity contribution in [1.82, 2.24) is 19.5 Å². The molecule has 4 heteroatoms. The van der Waals surface area contributed by atoms with Gasteiger partial charge < -0.3 is 0 Å². The molecule has 0 saturated heterocycles. The van der Waals surface area contributed by atoms with E-state index in [-0.39, 0.29) is 0 Å². The maximum Gasteiger partial charge on any atom is 0.160 e. The molecule has 10 rings (SSSR count). The molecule has 0 saturated carbocycles. The summed E-state index contributed by atoms with van der Waals surface area (Å²) in [5.74, 6) is 0.703. The van der Waals surface area contributed by atoms with Gasteiger partial charge in [0.1, 0.15) is 6.33 Å². The molecular formula is C51H34N4. The molecule has 258 valence electrons. The third-order valence-corrected chi connectivity index (χ3v) is 10.3. The fourth-order valence-corrected chi connectivity index (χ4v) is 7.54. The predicted octanol–water partition coefficient (Wildman–Crippen LogP) is 13.0. The quantitative estimate of drug-likeness (QED) is 0.166. The summed E-state index contributed by atoms with van der Waals surface area (Å²) in [6, 6.07) is 70.3. The van der Waals surface area contributed by atoms with E-state index < -0.39 is 0 Å². The van der Waals surface area contributed by atoms with E-state index in [9.17, 15) is 0 Å². The van der Waals surface area contributed by atoms with Crippen molar-refractivity contribution in [2.45, 2.75) is 0 Å². The number of aromatic nitrogens is 4. The van der Waals surface area contributed by atoms with Gasteiger partial charge in [0.25, 0.3) is 0 Å². The van der Waals surface area contributed by atoms with Crippen LogP contribution in [-0.4, -0.2) is 19.5 Å². The highest BCUT2D eigenvalue weighted by atomic mass is 15.0. The monoisotopic (exact) mass is 702 g/mol. The lowest BCUT2D eigenvalue weighted by molar-refractivity contribution is 1.09. The molecule has 2 aromatic heterocycles. The van der Waals surface area contributed by atoms with E-state index >= 15 is 0 Å². The summed E-state index contributed by atoms with van der Waals surface area (Å²) in [7, 11) is 0. The Hall–Kier alpha value is -7.43. The summed E-state index contributed by atoms with van der Waals surface area (Å²) in [5.41, 5.74) is 15.1. The summed E-state index contributed by atoms with van der Waals surface area (Å²) in [6.45, 7) is 0. The SMILES string of the molecule is c1ccc(-c2cc(-c3ccccc3)nc(-c3ccc(-c4cccc5cccc(-c6ccc(-c7ccc8c(c7)ncn8-c7ccccc7)cc6)c45)cc3)n2)cc1. The van der Waals surface area contributed by atoms with Crippen molar-refractivity contribution in [2.75, 3.05) is 0 Å². The molecule has 10 aromatic rings. The summed E-state index contributed by atoms with van der Waals surface area (Å²) < 4.78 is 2.13. The minimum atomic E-state index is 0.703. The van der Waals surface area contributed by atoms with Gasteiger partial charge in [-0.25, -0.2) is 15.0 Å². The van der Waals surface area contributed by atoms with Crippen LogP contribution < -0.4 is 0 Å². The van der Waals surface area contributed by atoms with Gasteiger partial charge in [0.15, 0.2) is 5.82 Å². The summed E-state index contributed by atoms with van der Waals surface area (Å²) >= 11 is 0. The third-order valence-electron chi connectivity index (χ3n) is 10.3. The number of para-hydroxylation sites is 1. The summed E-state index contributed by atoms with van der Waals surface area (Å²) in [5, 5.41) is 2.43. The van der Waals surface area contributed by atoms with Crippen molar-refractivity contribution in [1.29, 1.82) is 0 Å². The third kappa shape index (κ3) is 6.16. The summed E-state index contributed by atoms with van der Waals surface area (Å²) in [4.78, 5) is 14.8. The fraction of sp³-hybridized carbons (Fsp3) is 0. The first-order valence-corrected chi connectivity index (χ1v) is 18.5. The van der Waals surface area contributed by atoms with Crippen LogP contribution in [-0.2, 0) is 0 Å². The second kappa shape index (κ2) is 13.8. The van der Waals surface area contributed by atoms with E-state index in [1.807, 2.05) is 48.8 Å². The molecule has 0 N–H and O–H groups in total. The number of hydrogen-bond donors (Lipinski definition) is 0. The second-order valence-corrected chi connectivity index (χ2v) is 13.7. The normalized spacial score (nSPS) is 11.3. The van der Waals surface area contributed by atoms with Gasteiger partial charge in [-0.2, -0.15) is 0 Å². The van der Waals surface area contributed by atoms with E-state index in [1.165, 1.54) is 27.5 Å². The van der Waals surface area contributed by atoms with E-state index in [4.69, 9.17) is 15.0 Å². The largest absolute Gasteiger partial charge is 0.299 e. The van der Waals surface area contributed by atoms with Gasteiger partial charge in [0, 0.05) is 22.4 Å². The van der Waals surface area contributed by atoms with E-state index in [0.29, 0.717) is 5.82 Å². The van der Waals surface area contributed by atoms with Crippen molar-refractivity contribution < 1.29 is 0 Å². The fourth-order valence-electron chi connectivity index (χ4n) is 7.54. The van der Waals surface area contributed by atoms with Crippen LogP contribution in [0.4, 0.5) is 0 Å². The highest BCUT2D eigenvalue weighted by molar-refractivity contribution is 6.06. The Balaban J connectivity index is 0.989. The topological polar surface area (TPSA) is 43.6 Å². The van der Waals surface area contributed by atoms with Crippen molar-refractivity contribution in [3.05, 3.63) is 207 Å². The molecule has 0 bridgehead atoms. The van der Waals surface area contributed by atoms with Crippen LogP contribution in [0.1, 0.15) is 0 Å². The van der Waals surface area contributed by atoms with Crippen molar-refractivity contribution in [3.63, 3.8) is 0 Å². The molecule has 55 heavy (non-hydrogen) atoms. The standard InChI is InChI=1S/C51H34N4/c1-4-12-38(13-5-1)46-33-47(39-14-6-2-7-15-39)54-51(53-46)41-28-26-37(27-29-41)45-21-11-17-40-16-10-20-44(50(40)45)36-24-22-35(23-25-36)42-30-31-49-48(32-42)52-34-55(49)43-18-8-3-9-19-43/h1-34H. The molecule has 0 spiro atoms. The minimum absolute atomic E-state index is 0.703. The highest BCUT2D eigenvalue weighted by Crippen LogP contribution is 2.38. The molecule has 8 aromatic carbocycles. The average molecular weight is 703 g/mol. The number of nitrogens with zero attached hydrogens (tertiary/aromatic N) is 4. The maximum atomic E-state index is 5.05. The lowest BCUT2D eigenvalue weighted by Crippen LogP contribution is -1.96. The predicted molar refractivity (Wildman–Crippen MR) is 227 cm³/mol. The van der Waals surface area contributed by atoms with Gasteiger partial charge >= 0.3 is 0 Å². The molecule has 0 unspecified atom stereocenters. The highest BCUT2D eigenvalue weighted by Gasteiger charge is 2.14. The Morgan fingerprint density at radius 2 is 0.873 bits per heavy atom. The molecule has 0 atom stereocenters. The maximum absolute atomic E-state index is 5.05. The molecular weight excluding hydrogens is 669 g/mol. The van der Waals surface area contributed by atoms with Gasteiger partial charge in [0.2, 0.25) is 0 Å². The minimum Gasteiger partial charge on any atom is -0.299 e. The van der Waals surface area contributed by atoms with Gasteiger partial charge in [-0.3, -0.25) is 4.57 Å². The van der Waals surface area contributed by atoms with Crippen LogP contribution in [0.5, 0.6) is 0 Å². The van der Waals surface area contributed by atoms with Crippen LogP contribution in [0, 0.1) is 0 Å². The molecule has 2 heterocycles. The lowest BCUT2D eigenvalue weighted by atomic mass is 9.90. The second-order valence-electron chi connectivity index (χ2n) is 13.7. The number of hydrogen-bond acceptors (Lipinski definition) is 3. The van der Waals surface area contributed by atoms with Crippen LogP contribution in [0.25, 0.3) is 94.8 Å². The Morgan fingerprint density at radius 1 is 0.364 bits per heavy atom. The van der Waals surface area contributed by atoms with Gasteiger partial charge in [-0.15, -0.1) is 0 Å². The molecule has 0 radical (unpaired) electrons. The Bertz CT molecular complexity index is 2870. The molecule has 0 amide bonds. The molecule has 4 nitrogen and oxygen atoms in total. The molecule has 0 aliphatic heterocycles. The Labute approximate surface area is 319 Å². The molecule has 0 fully saturated rings. The van der Waals surface area contributed by atoms with Crippen LogP contribution in [0.3, 0.4) is 0 Å². The summed E-state index contributed by atoms with van der Waals surface area (Å²) in [6.07, 6.45) is 1.90. The van der Waals surface area contributed by atoms with Crippen LogP contribution in [0.15, 0.2) is 207 Å². The smallest absolute Gasteiger partial charge is 0.160 e. The number of fused-ring (bicyclic) bond motifs is 2. The Kier molecular flexibility index (Phi) is 8.12. The Morgan fingerprint density at radius 3 is 1.45 bits per heavy atom. The number of imidazole rings is 1. The zero-order valence-corrected chi connectivity index (χ0v) is 29.9. The van der Waals surface area contributed by atoms with Crippen molar-refractivity contribution >= 4 is 21.8 Å². The zero-order chi connectivity index (χ0) is 36.6. The number of rotatable bonds is 7. The first kappa shape index (κ1) is 32.2. The van der Waals surface area contributed by atoms with Crippen LogP contribution in [0.2, 0.25) is 0 Å².